The van der Waals surface area contributed by atoms with E-state index in [0.29, 0.717) is 19.1 Å². The van der Waals surface area contributed by atoms with Crippen molar-refractivity contribution < 1.29 is 9.53 Å². The summed E-state index contributed by atoms with van der Waals surface area (Å²) < 4.78 is 4.82. The average Bonchev–Trinajstić information content (AvgIpc) is 1.84. The van der Waals surface area contributed by atoms with Crippen molar-refractivity contribution in [3.63, 3.8) is 0 Å². The minimum Gasteiger partial charge on any atom is -0.466 e. The van der Waals surface area contributed by atoms with E-state index in [1.165, 1.54) is 0 Å². The summed E-state index contributed by atoms with van der Waals surface area (Å²) in [5.74, 6) is -0.127. The second-order valence-electron chi connectivity index (χ2n) is 3.23. The highest BCUT2D eigenvalue weighted by Crippen LogP contribution is 1.95. The second-order valence-corrected chi connectivity index (χ2v) is 3.23. The quantitative estimate of drug-likeness (QED) is 0.637. The van der Waals surface area contributed by atoms with Gasteiger partial charge in [0.15, 0.2) is 0 Å². The van der Waals surface area contributed by atoms with Crippen LogP contribution in [0.25, 0.3) is 0 Å². The van der Waals surface area contributed by atoms with Gasteiger partial charge in [-0.25, -0.2) is 0 Å². The molecule has 1 atom stereocenters. The van der Waals surface area contributed by atoms with Crippen molar-refractivity contribution in [3.05, 3.63) is 0 Å². The van der Waals surface area contributed by atoms with Crippen LogP contribution in [0.5, 0.6) is 0 Å². The van der Waals surface area contributed by atoms with Gasteiger partial charge in [-0.3, -0.25) is 4.79 Å². The monoisotopic (exact) mass is 173 g/mol. The van der Waals surface area contributed by atoms with E-state index in [1.807, 2.05) is 13.8 Å². The highest BCUT2D eigenvalue weighted by atomic mass is 16.5. The molecule has 0 saturated heterocycles. The SMILES string of the molecule is CCOC(=O)CC(C)NC(C)C. The zero-order valence-corrected chi connectivity index (χ0v) is 8.39. The fourth-order valence-corrected chi connectivity index (χ4v) is 1.10. The molecule has 1 N–H and O–H groups in total. The summed E-state index contributed by atoms with van der Waals surface area (Å²) in [6, 6.07) is 0.610. The van der Waals surface area contributed by atoms with E-state index >= 15 is 0 Å². The van der Waals surface area contributed by atoms with Crippen LogP contribution < -0.4 is 5.32 Å². The average molecular weight is 173 g/mol. The van der Waals surface area contributed by atoms with E-state index in [9.17, 15) is 4.79 Å². The third kappa shape index (κ3) is 6.16. The van der Waals surface area contributed by atoms with Crippen LogP contribution in [-0.2, 0) is 9.53 Å². The molecule has 0 radical (unpaired) electrons. The fraction of sp³-hybridized carbons (Fsp3) is 0.889. The molecule has 0 aromatic carbocycles. The molecule has 0 spiro atoms. The maximum atomic E-state index is 11.0. The molecule has 0 aliphatic carbocycles. The molecule has 12 heavy (non-hydrogen) atoms. The van der Waals surface area contributed by atoms with E-state index in [4.69, 9.17) is 4.74 Å². The van der Waals surface area contributed by atoms with Gasteiger partial charge in [0, 0.05) is 12.1 Å². The molecule has 1 unspecified atom stereocenters. The fourth-order valence-electron chi connectivity index (χ4n) is 1.10. The smallest absolute Gasteiger partial charge is 0.307 e. The zero-order chi connectivity index (χ0) is 9.56. The summed E-state index contributed by atoms with van der Waals surface area (Å²) in [6.45, 7) is 8.38. The standard InChI is InChI=1S/C9H19NO2/c1-5-12-9(11)6-8(4)10-7(2)3/h7-8,10H,5-6H2,1-4H3. The van der Waals surface area contributed by atoms with Gasteiger partial charge < -0.3 is 10.1 Å². The van der Waals surface area contributed by atoms with E-state index < -0.39 is 0 Å². The first-order chi connectivity index (χ1) is 5.56. The topological polar surface area (TPSA) is 38.3 Å². The molecule has 0 heterocycles. The van der Waals surface area contributed by atoms with Crippen molar-refractivity contribution in [1.29, 1.82) is 0 Å². The Balaban J connectivity index is 3.54. The lowest BCUT2D eigenvalue weighted by Crippen LogP contribution is -2.34. The molecule has 0 bridgehead atoms. The number of carbonyl (C=O) groups excluding carboxylic acids is 1. The van der Waals surface area contributed by atoms with Crippen LogP contribution in [0, 0.1) is 0 Å². The third-order valence-corrected chi connectivity index (χ3v) is 1.40. The number of hydrogen-bond acceptors (Lipinski definition) is 3. The Morgan fingerprint density at radius 1 is 1.42 bits per heavy atom. The molecular weight excluding hydrogens is 154 g/mol. The van der Waals surface area contributed by atoms with Crippen molar-refractivity contribution in [2.45, 2.75) is 46.2 Å². The number of rotatable bonds is 5. The number of carbonyl (C=O) groups is 1. The van der Waals surface area contributed by atoms with E-state index in [0.717, 1.165) is 0 Å². The van der Waals surface area contributed by atoms with Crippen LogP contribution in [0.1, 0.15) is 34.1 Å². The normalized spacial score (nSPS) is 13.1. The molecule has 0 aromatic rings. The maximum Gasteiger partial charge on any atom is 0.307 e. The highest BCUT2D eigenvalue weighted by molar-refractivity contribution is 5.69. The number of ether oxygens (including phenoxy) is 1. The van der Waals surface area contributed by atoms with E-state index in [-0.39, 0.29) is 12.0 Å². The lowest BCUT2D eigenvalue weighted by atomic mass is 10.2. The van der Waals surface area contributed by atoms with E-state index in [1.54, 1.807) is 0 Å². The van der Waals surface area contributed by atoms with Crippen LogP contribution in [0.2, 0.25) is 0 Å². The van der Waals surface area contributed by atoms with Gasteiger partial charge in [-0.15, -0.1) is 0 Å². The van der Waals surface area contributed by atoms with Crippen molar-refractivity contribution in [1.82, 2.24) is 5.32 Å². The number of nitrogens with one attached hydrogen (secondary N) is 1. The molecule has 0 aliphatic rings. The van der Waals surface area contributed by atoms with Gasteiger partial charge >= 0.3 is 5.97 Å². The van der Waals surface area contributed by atoms with Gasteiger partial charge in [-0.2, -0.15) is 0 Å². The minimum absolute atomic E-state index is 0.127. The van der Waals surface area contributed by atoms with Crippen LogP contribution in [0.3, 0.4) is 0 Å². The predicted octanol–water partition coefficient (Wildman–Crippen LogP) is 1.33. The molecular formula is C9H19NO2. The summed E-state index contributed by atoms with van der Waals surface area (Å²) in [5.41, 5.74) is 0. The van der Waals surface area contributed by atoms with Crippen molar-refractivity contribution in [2.24, 2.45) is 0 Å². The van der Waals surface area contributed by atoms with Gasteiger partial charge in [0.2, 0.25) is 0 Å². The van der Waals surface area contributed by atoms with Gasteiger partial charge in [0.1, 0.15) is 0 Å². The van der Waals surface area contributed by atoms with Crippen LogP contribution in [0.4, 0.5) is 0 Å². The summed E-state index contributed by atoms with van der Waals surface area (Å²) in [5, 5.41) is 3.23. The van der Waals surface area contributed by atoms with Crippen molar-refractivity contribution in [3.8, 4) is 0 Å². The largest absolute Gasteiger partial charge is 0.466 e. The molecule has 0 aromatic heterocycles. The first-order valence-corrected chi connectivity index (χ1v) is 4.48. The molecule has 0 saturated carbocycles. The Morgan fingerprint density at radius 3 is 2.42 bits per heavy atom. The summed E-state index contributed by atoms with van der Waals surface area (Å²) >= 11 is 0. The van der Waals surface area contributed by atoms with Crippen LogP contribution in [-0.4, -0.2) is 24.7 Å². The first-order valence-electron chi connectivity index (χ1n) is 4.48. The Bertz CT molecular complexity index is 134. The highest BCUT2D eigenvalue weighted by Gasteiger charge is 2.09. The van der Waals surface area contributed by atoms with Gasteiger partial charge in [-0.05, 0) is 13.8 Å². The lowest BCUT2D eigenvalue weighted by Gasteiger charge is -2.15. The molecule has 72 valence electrons. The molecule has 3 heteroatoms. The maximum absolute atomic E-state index is 11.0. The number of esters is 1. The summed E-state index contributed by atoms with van der Waals surface area (Å²) in [7, 11) is 0. The first kappa shape index (κ1) is 11.4. The molecule has 0 amide bonds. The Kier molecular flexibility index (Phi) is 5.72. The molecule has 0 aliphatic heterocycles. The van der Waals surface area contributed by atoms with Gasteiger partial charge in [-0.1, -0.05) is 13.8 Å². The second kappa shape index (κ2) is 6.00. The van der Waals surface area contributed by atoms with Gasteiger partial charge in [0.05, 0.1) is 13.0 Å². The third-order valence-electron chi connectivity index (χ3n) is 1.40. The van der Waals surface area contributed by atoms with Crippen molar-refractivity contribution >= 4 is 5.97 Å². The summed E-state index contributed by atoms with van der Waals surface area (Å²) in [4.78, 5) is 11.0. The van der Waals surface area contributed by atoms with Crippen LogP contribution in [0.15, 0.2) is 0 Å². The Labute approximate surface area is 74.5 Å². The lowest BCUT2D eigenvalue weighted by molar-refractivity contribution is -0.143. The molecule has 3 nitrogen and oxygen atoms in total. The zero-order valence-electron chi connectivity index (χ0n) is 8.39. The number of hydrogen-bond donors (Lipinski definition) is 1. The summed E-state index contributed by atoms with van der Waals surface area (Å²) in [6.07, 6.45) is 0.450. The van der Waals surface area contributed by atoms with Crippen molar-refractivity contribution in [2.75, 3.05) is 6.61 Å². The molecule has 0 rings (SSSR count). The van der Waals surface area contributed by atoms with E-state index in [2.05, 4.69) is 19.2 Å². The minimum atomic E-state index is -0.127. The van der Waals surface area contributed by atoms with Crippen LogP contribution >= 0.6 is 0 Å². The van der Waals surface area contributed by atoms with Gasteiger partial charge in [0.25, 0.3) is 0 Å². The Morgan fingerprint density at radius 2 is 2.00 bits per heavy atom. The Hall–Kier alpha value is -0.570. The predicted molar refractivity (Wildman–Crippen MR) is 49.0 cm³/mol. The molecule has 0 fully saturated rings.